The summed E-state index contributed by atoms with van der Waals surface area (Å²) in [5.41, 5.74) is 4.00. The lowest BCUT2D eigenvalue weighted by Crippen LogP contribution is -2.47. The second kappa shape index (κ2) is 6.67. The summed E-state index contributed by atoms with van der Waals surface area (Å²) in [4.78, 5) is 7.58. The quantitative estimate of drug-likeness (QED) is 0.778. The fourth-order valence-electron chi connectivity index (χ4n) is 4.04. The number of hydrogen-bond acceptors (Lipinski definition) is 2. The molecule has 2 aliphatic heterocycles. The Balaban J connectivity index is 1.42. The van der Waals surface area contributed by atoms with Gasteiger partial charge in [0.15, 0.2) is 0 Å². The van der Waals surface area contributed by atoms with Crippen molar-refractivity contribution in [3.63, 3.8) is 0 Å². The van der Waals surface area contributed by atoms with Crippen molar-refractivity contribution in [2.75, 3.05) is 13.1 Å². The summed E-state index contributed by atoms with van der Waals surface area (Å²) in [7, 11) is 0. The molecule has 0 bridgehead atoms. The molecule has 2 aliphatic rings. The van der Waals surface area contributed by atoms with E-state index in [4.69, 9.17) is 4.99 Å². The highest BCUT2D eigenvalue weighted by molar-refractivity contribution is 5.88. The maximum absolute atomic E-state index is 4.88. The number of nitrogens with zero attached hydrogens (tertiary/aromatic N) is 2. The standard InChI is InChI=1S/C21H24N2/c1-3-7-17(8-4-1)18-11-12-21-15-20(13-14-23(21)16-18)22-19-9-5-2-6-10-19/h1-10,18,21H,11-16H2. The van der Waals surface area contributed by atoms with Crippen molar-refractivity contribution in [2.24, 2.45) is 4.99 Å². The Morgan fingerprint density at radius 3 is 2.39 bits per heavy atom. The van der Waals surface area contributed by atoms with Crippen LogP contribution in [0.5, 0.6) is 0 Å². The number of fused-ring (bicyclic) bond motifs is 1. The van der Waals surface area contributed by atoms with Gasteiger partial charge >= 0.3 is 0 Å². The SMILES string of the molecule is c1ccc(N=C2CCN3CC(c4ccccc4)CCC3C2)cc1. The lowest BCUT2D eigenvalue weighted by atomic mass is 9.83. The summed E-state index contributed by atoms with van der Waals surface area (Å²) < 4.78 is 0. The predicted octanol–water partition coefficient (Wildman–Crippen LogP) is 4.80. The highest BCUT2D eigenvalue weighted by atomic mass is 15.2. The van der Waals surface area contributed by atoms with Crippen molar-refractivity contribution in [1.82, 2.24) is 4.90 Å². The van der Waals surface area contributed by atoms with Crippen LogP contribution < -0.4 is 0 Å². The van der Waals surface area contributed by atoms with Crippen LogP contribution in [-0.4, -0.2) is 29.7 Å². The first-order valence-electron chi connectivity index (χ1n) is 8.79. The van der Waals surface area contributed by atoms with Crippen LogP contribution in [-0.2, 0) is 0 Å². The van der Waals surface area contributed by atoms with Crippen molar-refractivity contribution in [1.29, 1.82) is 0 Å². The van der Waals surface area contributed by atoms with Crippen molar-refractivity contribution in [3.8, 4) is 0 Å². The molecule has 2 saturated heterocycles. The molecule has 0 saturated carbocycles. The van der Waals surface area contributed by atoms with E-state index in [1.165, 1.54) is 37.2 Å². The van der Waals surface area contributed by atoms with Gasteiger partial charge in [-0.3, -0.25) is 9.89 Å². The summed E-state index contributed by atoms with van der Waals surface area (Å²) in [6.07, 6.45) is 4.88. The van der Waals surface area contributed by atoms with Gasteiger partial charge < -0.3 is 0 Å². The molecule has 2 heterocycles. The molecular formula is C21H24N2. The maximum Gasteiger partial charge on any atom is 0.0629 e. The lowest BCUT2D eigenvalue weighted by Gasteiger charge is -2.43. The first-order valence-corrected chi connectivity index (χ1v) is 8.79. The third-order valence-corrected chi connectivity index (χ3v) is 5.29. The molecule has 2 heteroatoms. The molecule has 2 fully saturated rings. The van der Waals surface area contributed by atoms with Gasteiger partial charge in [0.05, 0.1) is 5.69 Å². The van der Waals surface area contributed by atoms with Crippen LogP contribution in [0.3, 0.4) is 0 Å². The van der Waals surface area contributed by atoms with Gasteiger partial charge in [-0.25, -0.2) is 0 Å². The number of aliphatic imine (C=N–C) groups is 1. The van der Waals surface area contributed by atoms with Crippen molar-refractivity contribution >= 4 is 11.4 Å². The average molecular weight is 304 g/mol. The lowest BCUT2D eigenvalue weighted by molar-refractivity contribution is 0.129. The molecule has 2 atom stereocenters. The molecule has 2 aromatic rings. The molecule has 2 nitrogen and oxygen atoms in total. The molecule has 0 N–H and O–H groups in total. The summed E-state index contributed by atoms with van der Waals surface area (Å²) in [6, 6.07) is 22.1. The van der Waals surface area contributed by atoms with E-state index in [2.05, 4.69) is 65.6 Å². The second-order valence-corrected chi connectivity index (χ2v) is 6.80. The van der Waals surface area contributed by atoms with Crippen LogP contribution >= 0.6 is 0 Å². The Morgan fingerprint density at radius 1 is 0.870 bits per heavy atom. The minimum Gasteiger partial charge on any atom is -0.299 e. The average Bonchev–Trinajstić information content (AvgIpc) is 2.63. The monoisotopic (exact) mass is 304 g/mol. The Bertz CT molecular complexity index is 663. The zero-order valence-corrected chi connectivity index (χ0v) is 13.6. The van der Waals surface area contributed by atoms with E-state index in [-0.39, 0.29) is 0 Å². The number of piperidine rings is 2. The number of para-hydroxylation sites is 1. The topological polar surface area (TPSA) is 15.6 Å². The van der Waals surface area contributed by atoms with Gasteiger partial charge in [-0.15, -0.1) is 0 Å². The van der Waals surface area contributed by atoms with E-state index in [9.17, 15) is 0 Å². The summed E-state index contributed by atoms with van der Waals surface area (Å²) in [6.45, 7) is 2.38. The molecule has 2 aromatic carbocycles. The van der Waals surface area contributed by atoms with Crippen LogP contribution in [0.15, 0.2) is 65.7 Å². The van der Waals surface area contributed by atoms with Crippen LogP contribution in [0.25, 0.3) is 0 Å². The van der Waals surface area contributed by atoms with Crippen molar-refractivity contribution < 1.29 is 0 Å². The molecule has 0 aromatic heterocycles. The number of benzene rings is 2. The zero-order chi connectivity index (χ0) is 15.5. The minimum atomic E-state index is 0.700. The molecule has 0 radical (unpaired) electrons. The molecule has 0 amide bonds. The molecular weight excluding hydrogens is 280 g/mol. The Labute approximate surface area is 138 Å². The van der Waals surface area contributed by atoms with Crippen molar-refractivity contribution in [3.05, 3.63) is 66.2 Å². The molecule has 2 unspecified atom stereocenters. The second-order valence-electron chi connectivity index (χ2n) is 6.80. The summed E-state index contributed by atoms with van der Waals surface area (Å²) >= 11 is 0. The van der Waals surface area contributed by atoms with Crippen LogP contribution in [0.2, 0.25) is 0 Å². The first kappa shape index (κ1) is 14.6. The van der Waals surface area contributed by atoms with Gasteiger partial charge in [-0.1, -0.05) is 48.5 Å². The van der Waals surface area contributed by atoms with Gasteiger partial charge in [0.25, 0.3) is 0 Å². The Morgan fingerprint density at radius 2 is 1.61 bits per heavy atom. The van der Waals surface area contributed by atoms with E-state index < -0.39 is 0 Å². The highest BCUT2D eigenvalue weighted by Crippen LogP contribution is 2.34. The minimum absolute atomic E-state index is 0.700. The van der Waals surface area contributed by atoms with E-state index in [0.29, 0.717) is 12.0 Å². The fourth-order valence-corrected chi connectivity index (χ4v) is 4.04. The van der Waals surface area contributed by atoms with Gasteiger partial charge in [0.2, 0.25) is 0 Å². The van der Waals surface area contributed by atoms with Gasteiger partial charge in [-0.05, 0) is 42.9 Å². The molecule has 23 heavy (non-hydrogen) atoms. The van der Waals surface area contributed by atoms with E-state index in [1.54, 1.807) is 0 Å². The largest absolute Gasteiger partial charge is 0.299 e. The van der Waals surface area contributed by atoms with Gasteiger partial charge in [0, 0.05) is 31.3 Å². The molecule has 118 valence electrons. The predicted molar refractivity (Wildman–Crippen MR) is 96.5 cm³/mol. The highest BCUT2D eigenvalue weighted by Gasteiger charge is 2.32. The van der Waals surface area contributed by atoms with Gasteiger partial charge in [-0.2, -0.15) is 0 Å². The van der Waals surface area contributed by atoms with Gasteiger partial charge in [0.1, 0.15) is 0 Å². The van der Waals surface area contributed by atoms with Crippen LogP contribution in [0, 0.1) is 0 Å². The Hall–Kier alpha value is -1.93. The fraction of sp³-hybridized carbons (Fsp3) is 0.381. The number of hydrogen-bond donors (Lipinski definition) is 0. The maximum atomic E-state index is 4.88. The third kappa shape index (κ3) is 3.37. The molecule has 0 spiro atoms. The third-order valence-electron chi connectivity index (χ3n) is 5.29. The van der Waals surface area contributed by atoms with E-state index in [1.807, 2.05) is 0 Å². The van der Waals surface area contributed by atoms with Crippen LogP contribution in [0.1, 0.15) is 37.2 Å². The summed E-state index contributed by atoms with van der Waals surface area (Å²) in [5, 5.41) is 0. The van der Waals surface area contributed by atoms with E-state index >= 15 is 0 Å². The molecule has 4 rings (SSSR count). The normalized spacial score (nSPS) is 26.9. The Kier molecular flexibility index (Phi) is 4.25. The van der Waals surface area contributed by atoms with E-state index in [0.717, 1.165) is 18.5 Å². The van der Waals surface area contributed by atoms with Crippen molar-refractivity contribution in [2.45, 2.75) is 37.6 Å². The smallest absolute Gasteiger partial charge is 0.0629 e. The summed E-state index contributed by atoms with van der Waals surface area (Å²) in [5.74, 6) is 0.708. The zero-order valence-electron chi connectivity index (χ0n) is 13.6. The van der Waals surface area contributed by atoms with Crippen LogP contribution in [0.4, 0.5) is 5.69 Å². The molecule has 0 aliphatic carbocycles. The number of rotatable bonds is 2. The first-order chi connectivity index (χ1) is 11.4.